The molecule has 47 heavy (non-hydrogen) atoms. The minimum absolute atomic E-state index is 0.0188. The number of amides is 2. The van der Waals surface area contributed by atoms with Crippen LogP contribution in [-0.4, -0.2) is 79.4 Å². The summed E-state index contributed by atoms with van der Waals surface area (Å²) in [5.41, 5.74) is 4.67. The second kappa shape index (κ2) is 13.7. The quantitative estimate of drug-likeness (QED) is 0.161. The number of anilines is 2. The Labute approximate surface area is 263 Å². The summed E-state index contributed by atoms with van der Waals surface area (Å²) in [5, 5.41) is 8.89. The van der Waals surface area contributed by atoms with E-state index < -0.39 is 36.3 Å². The molecule has 1 saturated heterocycles. The lowest BCUT2D eigenvalue weighted by Crippen LogP contribution is -2.46. The standard InChI is InChI=1S/C29H30F5N9O4/c1-2-17-18(28(46)38-12-23(45)41-8-5-16(35)6-9-41)3-4-20(24(17)47-15-44)39-26-27-37-11-21(43(27)10-7-36-26)19-13-42(14-22(30)31)40-25(19)29(32,33)34/h3-4,7,10-11,13,15-16,22H,2,5-6,8-9,12,14,35H2,1H3,(H,36,39)(H,38,46). The number of alkyl halides is 5. The number of carbonyl (C=O) groups is 3. The van der Waals surface area contributed by atoms with Gasteiger partial charge in [-0.2, -0.15) is 18.3 Å². The number of halogens is 5. The zero-order chi connectivity index (χ0) is 33.9. The lowest BCUT2D eigenvalue weighted by Gasteiger charge is -2.30. The number of hydrogen-bond donors (Lipinski definition) is 3. The van der Waals surface area contributed by atoms with Crippen molar-refractivity contribution < 1.29 is 41.1 Å². The van der Waals surface area contributed by atoms with Gasteiger partial charge >= 0.3 is 6.18 Å². The summed E-state index contributed by atoms with van der Waals surface area (Å²) in [4.78, 5) is 47.3. The van der Waals surface area contributed by atoms with Crippen LogP contribution in [0.15, 0.2) is 36.9 Å². The van der Waals surface area contributed by atoms with E-state index in [0.717, 1.165) is 12.4 Å². The smallest absolute Gasteiger partial charge is 0.426 e. The van der Waals surface area contributed by atoms with E-state index in [2.05, 4.69) is 25.7 Å². The van der Waals surface area contributed by atoms with Crippen LogP contribution in [0.5, 0.6) is 5.75 Å². The van der Waals surface area contributed by atoms with Gasteiger partial charge in [0.05, 0.1) is 29.7 Å². The average molecular weight is 664 g/mol. The fourth-order valence-corrected chi connectivity index (χ4v) is 5.37. The number of fused-ring (bicyclic) bond motifs is 1. The maximum atomic E-state index is 13.8. The van der Waals surface area contributed by atoms with E-state index in [1.165, 1.54) is 28.9 Å². The fourth-order valence-electron chi connectivity index (χ4n) is 5.37. The van der Waals surface area contributed by atoms with Crippen molar-refractivity contribution in [3.8, 4) is 17.0 Å². The third-order valence-electron chi connectivity index (χ3n) is 7.63. The molecule has 13 nitrogen and oxygen atoms in total. The van der Waals surface area contributed by atoms with E-state index in [1.54, 1.807) is 11.8 Å². The van der Waals surface area contributed by atoms with Gasteiger partial charge in [0.1, 0.15) is 6.54 Å². The molecule has 1 aliphatic heterocycles. The molecule has 3 aromatic heterocycles. The van der Waals surface area contributed by atoms with Crippen molar-refractivity contribution in [1.82, 2.24) is 34.4 Å². The van der Waals surface area contributed by atoms with Gasteiger partial charge in [0.25, 0.3) is 18.8 Å². The SMILES string of the molecule is CCc1c(C(=O)NCC(=O)N2CCC(N)CC2)ccc(Nc2nccn3c(-c4cn(CC(F)F)nc4C(F)(F)F)cnc23)c1OC=O. The first-order chi connectivity index (χ1) is 22.4. The second-order valence-corrected chi connectivity index (χ2v) is 10.7. The topological polar surface area (TPSA) is 162 Å². The van der Waals surface area contributed by atoms with Gasteiger partial charge in [-0.05, 0) is 31.4 Å². The van der Waals surface area contributed by atoms with Gasteiger partial charge in [0, 0.05) is 48.8 Å². The van der Waals surface area contributed by atoms with E-state index in [1.807, 2.05) is 0 Å². The van der Waals surface area contributed by atoms with Gasteiger partial charge in [-0.25, -0.2) is 18.7 Å². The van der Waals surface area contributed by atoms with Crippen molar-refractivity contribution in [2.45, 2.75) is 51.4 Å². The Balaban J connectivity index is 1.43. The highest BCUT2D eigenvalue weighted by Crippen LogP contribution is 2.38. The molecule has 0 atom stereocenters. The number of benzene rings is 1. The van der Waals surface area contributed by atoms with E-state index in [9.17, 15) is 36.3 Å². The molecular formula is C29H30F5N9O4. The summed E-state index contributed by atoms with van der Waals surface area (Å²) in [6, 6.07) is 2.93. The molecule has 5 rings (SSSR count). The van der Waals surface area contributed by atoms with Crippen molar-refractivity contribution in [2.24, 2.45) is 5.73 Å². The molecule has 0 saturated carbocycles. The number of nitrogens with two attached hydrogens (primary N) is 1. The monoisotopic (exact) mass is 663 g/mol. The number of hydrogen-bond acceptors (Lipinski definition) is 9. The summed E-state index contributed by atoms with van der Waals surface area (Å²) in [6.07, 6.45) is -1.71. The van der Waals surface area contributed by atoms with Crippen LogP contribution in [0, 0.1) is 0 Å². The second-order valence-electron chi connectivity index (χ2n) is 10.7. The van der Waals surface area contributed by atoms with E-state index in [4.69, 9.17) is 10.5 Å². The van der Waals surface area contributed by atoms with Crippen LogP contribution in [0.25, 0.3) is 16.9 Å². The van der Waals surface area contributed by atoms with Crippen LogP contribution in [0.1, 0.15) is 41.4 Å². The summed E-state index contributed by atoms with van der Waals surface area (Å²) < 4.78 is 74.3. The molecule has 4 heterocycles. The van der Waals surface area contributed by atoms with Crippen molar-refractivity contribution in [1.29, 1.82) is 0 Å². The first kappa shape index (κ1) is 33.2. The van der Waals surface area contributed by atoms with Crippen LogP contribution < -0.4 is 21.1 Å². The highest BCUT2D eigenvalue weighted by Gasteiger charge is 2.38. The van der Waals surface area contributed by atoms with Gasteiger partial charge in [-0.1, -0.05) is 6.92 Å². The molecule has 1 aromatic carbocycles. The molecule has 1 fully saturated rings. The highest BCUT2D eigenvalue weighted by atomic mass is 19.4. The van der Waals surface area contributed by atoms with Gasteiger partial charge in [-0.15, -0.1) is 0 Å². The predicted octanol–water partition coefficient (Wildman–Crippen LogP) is 3.40. The molecule has 4 N–H and O–H groups in total. The van der Waals surface area contributed by atoms with E-state index >= 15 is 0 Å². The molecule has 0 radical (unpaired) electrons. The summed E-state index contributed by atoms with van der Waals surface area (Å²) in [6.45, 7) is 1.61. The zero-order valence-electron chi connectivity index (χ0n) is 24.9. The van der Waals surface area contributed by atoms with Crippen molar-refractivity contribution in [3.63, 3.8) is 0 Å². The minimum Gasteiger partial charge on any atom is -0.426 e. The number of nitrogens with one attached hydrogen (secondary N) is 2. The van der Waals surface area contributed by atoms with Crippen LogP contribution >= 0.6 is 0 Å². The number of piperidine rings is 1. The Kier molecular flexibility index (Phi) is 9.69. The molecule has 0 bridgehead atoms. The van der Waals surface area contributed by atoms with Crippen molar-refractivity contribution >= 4 is 35.4 Å². The Hall–Kier alpha value is -5.13. The summed E-state index contributed by atoms with van der Waals surface area (Å²) >= 11 is 0. The average Bonchev–Trinajstić information content (AvgIpc) is 3.65. The molecule has 2 amide bonds. The fraction of sp³-hybridized carbons (Fsp3) is 0.379. The number of imidazole rings is 1. The maximum absolute atomic E-state index is 13.8. The Morgan fingerprint density at radius 1 is 1.19 bits per heavy atom. The molecule has 1 aliphatic rings. The largest absolute Gasteiger partial charge is 0.435 e. The first-order valence-electron chi connectivity index (χ1n) is 14.5. The zero-order valence-corrected chi connectivity index (χ0v) is 24.9. The molecule has 0 unspecified atom stereocenters. The maximum Gasteiger partial charge on any atom is 0.435 e. The Morgan fingerprint density at radius 3 is 2.60 bits per heavy atom. The lowest BCUT2D eigenvalue weighted by atomic mass is 10.0. The minimum atomic E-state index is -4.94. The molecule has 18 heteroatoms. The molecule has 4 aromatic rings. The van der Waals surface area contributed by atoms with Crippen LogP contribution in [0.2, 0.25) is 0 Å². The number of carbonyl (C=O) groups excluding carboxylic acids is 3. The molecular weight excluding hydrogens is 633 g/mol. The predicted molar refractivity (Wildman–Crippen MR) is 157 cm³/mol. The van der Waals surface area contributed by atoms with E-state index in [0.29, 0.717) is 36.2 Å². The molecule has 0 spiro atoms. The van der Waals surface area contributed by atoms with Crippen LogP contribution in [-0.2, 0) is 28.7 Å². The van der Waals surface area contributed by atoms with Crippen molar-refractivity contribution in [3.05, 3.63) is 53.7 Å². The number of nitrogens with zero attached hydrogens (tertiary/aromatic N) is 6. The van der Waals surface area contributed by atoms with Crippen molar-refractivity contribution in [2.75, 3.05) is 25.0 Å². The number of aromatic nitrogens is 5. The van der Waals surface area contributed by atoms with E-state index in [-0.39, 0.29) is 65.5 Å². The summed E-state index contributed by atoms with van der Waals surface area (Å²) in [5.74, 6) is -0.811. The third kappa shape index (κ3) is 7.16. The Bertz CT molecular complexity index is 1780. The number of likely N-dealkylation sites (tertiary alicyclic amines) is 1. The first-order valence-corrected chi connectivity index (χ1v) is 14.5. The Morgan fingerprint density at radius 2 is 1.94 bits per heavy atom. The third-order valence-corrected chi connectivity index (χ3v) is 7.63. The van der Waals surface area contributed by atoms with Crippen LogP contribution in [0.4, 0.5) is 33.5 Å². The highest BCUT2D eigenvalue weighted by molar-refractivity contribution is 5.99. The van der Waals surface area contributed by atoms with Gasteiger partial charge in [-0.3, -0.25) is 23.5 Å². The lowest BCUT2D eigenvalue weighted by molar-refractivity contribution is -0.141. The van der Waals surface area contributed by atoms with Gasteiger partial charge in [0.15, 0.2) is 22.9 Å². The number of rotatable bonds is 11. The van der Waals surface area contributed by atoms with Crippen LogP contribution in [0.3, 0.4) is 0 Å². The number of ether oxygens (including phenoxy) is 1. The molecule has 250 valence electrons. The normalized spacial score (nSPS) is 14.1. The van der Waals surface area contributed by atoms with Gasteiger partial charge < -0.3 is 26.0 Å². The van der Waals surface area contributed by atoms with Gasteiger partial charge in [0.2, 0.25) is 5.91 Å². The molecule has 0 aliphatic carbocycles. The summed E-state index contributed by atoms with van der Waals surface area (Å²) in [7, 11) is 0.